The van der Waals surface area contributed by atoms with Gasteiger partial charge in [0.25, 0.3) is 5.91 Å². The molecule has 0 radical (unpaired) electrons. The Balaban J connectivity index is 1.64. The molecule has 110 valence electrons. The van der Waals surface area contributed by atoms with Gasteiger partial charge in [-0.15, -0.1) is 0 Å². The van der Waals surface area contributed by atoms with E-state index in [1.807, 2.05) is 29.0 Å². The highest BCUT2D eigenvalue weighted by molar-refractivity contribution is 5.93. The van der Waals surface area contributed by atoms with Crippen molar-refractivity contribution in [3.8, 4) is 0 Å². The number of amides is 1. The van der Waals surface area contributed by atoms with Gasteiger partial charge in [0.05, 0.1) is 12.1 Å². The summed E-state index contributed by atoms with van der Waals surface area (Å²) >= 11 is 0. The van der Waals surface area contributed by atoms with Crippen molar-refractivity contribution in [2.45, 2.75) is 13.1 Å². The molecule has 0 aliphatic heterocycles. The molecule has 0 aliphatic rings. The number of benzene rings is 1. The summed E-state index contributed by atoms with van der Waals surface area (Å²) in [6, 6.07) is 13.6. The van der Waals surface area contributed by atoms with Crippen LogP contribution < -0.4 is 5.32 Å². The van der Waals surface area contributed by atoms with Crippen LogP contribution >= 0.6 is 0 Å². The molecule has 0 saturated carbocycles. The summed E-state index contributed by atoms with van der Waals surface area (Å²) in [5, 5.41) is 2.87. The van der Waals surface area contributed by atoms with Crippen LogP contribution in [-0.4, -0.2) is 20.4 Å². The molecule has 0 atom stereocenters. The first kappa shape index (κ1) is 14.0. The number of pyridine rings is 1. The third kappa shape index (κ3) is 3.38. The highest BCUT2D eigenvalue weighted by Gasteiger charge is 2.08. The van der Waals surface area contributed by atoms with Crippen molar-refractivity contribution in [2.24, 2.45) is 0 Å². The number of carbonyl (C=O) groups excluding carboxylic acids is 1. The summed E-state index contributed by atoms with van der Waals surface area (Å²) in [5.74, 6) is 0.670. The van der Waals surface area contributed by atoms with Crippen molar-refractivity contribution < 1.29 is 4.79 Å². The van der Waals surface area contributed by atoms with E-state index in [1.165, 1.54) is 5.56 Å². The third-order valence-electron chi connectivity index (χ3n) is 3.33. The number of nitrogens with zero attached hydrogens (tertiary/aromatic N) is 3. The summed E-state index contributed by atoms with van der Waals surface area (Å²) in [5.41, 5.74) is 1.74. The molecule has 5 heteroatoms. The Bertz CT molecular complexity index is 738. The number of rotatable bonds is 5. The molecule has 1 aromatic carbocycles. The summed E-state index contributed by atoms with van der Waals surface area (Å²) in [7, 11) is 0. The first-order valence-electron chi connectivity index (χ1n) is 7.05. The average Bonchev–Trinajstić information content (AvgIpc) is 3.01. The summed E-state index contributed by atoms with van der Waals surface area (Å²) in [4.78, 5) is 20.3. The van der Waals surface area contributed by atoms with E-state index in [9.17, 15) is 4.79 Å². The topological polar surface area (TPSA) is 59.8 Å². The molecule has 0 aliphatic carbocycles. The van der Waals surface area contributed by atoms with Crippen LogP contribution in [0.5, 0.6) is 0 Å². The molecule has 0 unspecified atom stereocenters. The number of imidazole rings is 1. The fourth-order valence-electron chi connectivity index (χ4n) is 2.19. The summed E-state index contributed by atoms with van der Waals surface area (Å²) in [6.07, 6.45) is 6.85. The van der Waals surface area contributed by atoms with Crippen molar-refractivity contribution in [2.75, 3.05) is 0 Å². The number of hydrogen-bond acceptors (Lipinski definition) is 3. The van der Waals surface area contributed by atoms with E-state index in [1.54, 1.807) is 30.7 Å². The standard InChI is InChI=1S/C17H16N4O/c22-17(15-7-4-8-18-11-15)20-12-16-19-9-10-21(16)13-14-5-2-1-3-6-14/h1-11H,12-13H2,(H,20,22). The molecule has 0 fully saturated rings. The van der Waals surface area contributed by atoms with E-state index in [2.05, 4.69) is 27.4 Å². The minimum atomic E-state index is -0.151. The third-order valence-corrected chi connectivity index (χ3v) is 3.33. The largest absolute Gasteiger partial charge is 0.345 e. The van der Waals surface area contributed by atoms with Gasteiger partial charge in [0, 0.05) is 31.3 Å². The van der Waals surface area contributed by atoms with Crippen LogP contribution in [0.3, 0.4) is 0 Å². The minimum Gasteiger partial charge on any atom is -0.345 e. The van der Waals surface area contributed by atoms with Crippen LogP contribution in [-0.2, 0) is 13.1 Å². The zero-order valence-corrected chi connectivity index (χ0v) is 12.0. The second-order valence-electron chi connectivity index (χ2n) is 4.88. The van der Waals surface area contributed by atoms with E-state index >= 15 is 0 Å². The van der Waals surface area contributed by atoms with E-state index < -0.39 is 0 Å². The molecule has 5 nitrogen and oxygen atoms in total. The molecular formula is C17H16N4O. The first-order valence-corrected chi connectivity index (χ1v) is 7.05. The molecular weight excluding hydrogens is 276 g/mol. The van der Waals surface area contributed by atoms with E-state index in [0.29, 0.717) is 12.1 Å². The van der Waals surface area contributed by atoms with E-state index in [-0.39, 0.29) is 5.91 Å². The van der Waals surface area contributed by atoms with Crippen LogP contribution in [0, 0.1) is 0 Å². The molecule has 1 amide bonds. The van der Waals surface area contributed by atoms with Crippen molar-refractivity contribution in [3.05, 3.63) is 84.2 Å². The molecule has 0 spiro atoms. The SMILES string of the molecule is O=C(NCc1nccn1Cc1ccccc1)c1cccnc1. The average molecular weight is 292 g/mol. The molecule has 1 N–H and O–H groups in total. The van der Waals surface area contributed by atoms with Crippen LogP contribution in [0.25, 0.3) is 0 Å². The highest BCUT2D eigenvalue weighted by Crippen LogP contribution is 2.06. The zero-order valence-electron chi connectivity index (χ0n) is 12.0. The van der Waals surface area contributed by atoms with Crippen LogP contribution in [0.15, 0.2) is 67.3 Å². The molecule has 2 aromatic heterocycles. The predicted octanol–water partition coefficient (Wildman–Crippen LogP) is 2.26. The Morgan fingerprint density at radius 2 is 1.95 bits per heavy atom. The smallest absolute Gasteiger partial charge is 0.253 e. The Kier molecular flexibility index (Phi) is 4.25. The quantitative estimate of drug-likeness (QED) is 0.784. The normalized spacial score (nSPS) is 10.4. The second-order valence-corrected chi connectivity index (χ2v) is 4.88. The van der Waals surface area contributed by atoms with Gasteiger partial charge < -0.3 is 9.88 Å². The molecule has 0 saturated heterocycles. The lowest BCUT2D eigenvalue weighted by Crippen LogP contribution is -2.24. The van der Waals surface area contributed by atoms with Gasteiger partial charge in [-0.2, -0.15) is 0 Å². The van der Waals surface area contributed by atoms with Crippen molar-refractivity contribution in [1.29, 1.82) is 0 Å². The van der Waals surface area contributed by atoms with Gasteiger partial charge in [-0.25, -0.2) is 4.98 Å². The van der Waals surface area contributed by atoms with Gasteiger partial charge in [0.2, 0.25) is 0 Å². The number of carbonyl (C=O) groups is 1. The maximum absolute atomic E-state index is 12.0. The summed E-state index contributed by atoms with van der Waals surface area (Å²) < 4.78 is 2.03. The van der Waals surface area contributed by atoms with Crippen molar-refractivity contribution in [1.82, 2.24) is 19.9 Å². The van der Waals surface area contributed by atoms with E-state index in [0.717, 1.165) is 12.4 Å². The van der Waals surface area contributed by atoms with Crippen molar-refractivity contribution >= 4 is 5.91 Å². The van der Waals surface area contributed by atoms with E-state index in [4.69, 9.17) is 0 Å². The lowest BCUT2D eigenvalue weighted by atomic mass is 10.2. The van der Waals surface area contributed by atoms with Gasteiger partial charge in [-0.1, -0.05) is 30.3 Å². The lowest BCUT2D eigenvalue weighted by molar-refractivity contribution is 0.0949. The number of hydrogen-bond donors (Lipinski definition) is 1. The molecule has 3 rings (SSSR count). The lowest BCUT2D eigenvalue weighted by Gasteiger charge is -2.09. The Hall–Kier alpha value is -2.95. The zero-order chi connectivity index (χ0) is 15.2. The van der Waals surface area contributed by atoms with Crippen molar-refractivity contribution in [3.63, 3.8) is 0 Å². The monoisotopic (exact) mass is 292 g/mol. The fourth-order valence-corrected chi connectivity index (χ4v) is 2.19. The molecule has 2 heterocycles. The minimum absolute atomic E-state index is 0.151. The highest BCUT2D eigenvalue weighted by atomic mass is 16.1. The van der Waals surface area contributed by atoms with Gasteiger partial charge in [0.1, 0.15) is 5.82 Å². The van der Waals surface area contributed by atoms with Crippen LogP contribution in [0.1, 0.15) is 21.7 Å². The molecule has 0 bridgehead atoms. The Morgan fingerprint density at radius 3 is 2.73 bits per heavy atom. The first-order chi connectivity index (χ1) is 10.8. The number of aromatic nitrogens is 3. The number of nitrogens with one attached hydrogen (secondary N) is 1. The second kappa shape index (κ2) is 6.67. The summed E-state index contributed by atoms with van der Waals surface area (Å²) in [6.45, 7) is 1.12. The predicted molar refractivity (Wildman–Crippen MR) is 83.2 cm³/mol. The van der Waals surface area contributed by atoms with Gasteiger partial charge in [-0.05, 0) is 17.7 Å². The van der Waals surface area contributed by atoms with Gasteiger partial charge in [0.15, 0.2) is 0 Å². The van der Waals surface area contributed by atoms with Gasteiger partial charge in [-0.3, -0.25) is 9.78 Å². The Morgan fingerprint density at radius 1 is 1.09 bits per heavy atom. The molecule has 3 aromatic rings. The van der Waals surface area contributed by atoms with Crippen LogP contribution in [0.4, 0.5) is 0 Å². The maximum atomic E-state index is 12.0. The maximum Gasteiger partial charge on any atom is 0.253 e. The van der Waals surface area contributed by atoms with Crippen LogP contribution in [0.2, 0.25) is 0 Å². The Labute approximate surface area is 128 Å². The fraction of sp³-hybridized carbons (Fsp3) is 0.118. The molecule has 22 heavy (non-hydrogen) atoms. The van der Waals surface area contributed by atoms with Gasteiger partial charge >= 0.3 is 0 Å².